The predicted molar refractivity (Wildman–Crippen MR) is 124 cm³/mol. The Labute approximate surface area is 193 Å². The third-order valence-electron chi connectivity index (χ3n) is 7.37. The predicted octanol–water partition coefficient (Wildman–Crippen LogP) is 1.99. The molecule has 2 saturated heterocycles. The molecule has 1 saturated carbocycles. The van der Waals surface area contributed by atoms with Crippen LogP contribution in [0.25, 0.3) is 0 Å². The number of carbonyl (C=O) groups is 1. The van der Waals surface area contributed by atoms with Crippen LogP contribution in [-0.4, -0.2) is 75.5 Å². The molecule has 1 N–H and O–H groups in total. The second-order valence-electron chi connectivity index (χ2n) is 9.30. The molecule has 9 heteroatoms. The number of nitrogens with one attached hydrogen (secondary N) is 1. The van der Waals surface area contributed by atoms with Gasteiger partial charge in [0.25, 0.3) is 0 Å². The standard InChI is InChI=1S/C23H36N4O4S/c1-24-22(28)16-18-7-5-8-19(15-18)27(25(2)32(29)30)20-9-11-23(10-6-14-31-23)17-21(20)26-12-3-4-13-26/h5,7-8,15,20-21H,3-4,6,9-14,16-17H2,1-2H3,(H,24,28)(H,29,30)/p-1/t20-,21-,23+/m0/s1. The fourth-order valence-electron chi connectivity index (χ4n) is 5.78. The fraction of sp³-hybridized carbons (Fsp3) is 0.696. The van der Waals surface area contributed by atoms with E-state index in [4.69, 9.17) is 4.74 Å². The molecule has 32 heavy (non-hydrogen) atoms. The van der Waals surface area contributed by atoms with Crippen LogP contribution in [0, 0.1) is 0 Å². The average molecular weight is 464 g/mol. The maximum Gasteiger partial charge on any atom is 0.224 e. The van der Waals surface area contributed by atoms with Crippen LogP contribution in [0.3, 0.4) is 0 Å². The summed E-state index contributed by atoms with van der Waals surface area (Å²) in [4.78, 5) is 14.5. The second-order valence-corrected chi connectivity index (χ2v) is 10.3. The Bertz CT molecular complexity index is 826. The second kappa shape index (κ2) is 10.2. The number of rotatable bonds is 7. The average Bonchev–Trinajstić information content (AvgIpc) is 3.48. The van der Waals surface area contributed by atoms with Crippen LogP contribution < -0.4 is 10.3 Å². The van der Waals surface area contributed by atoms with Crippen LogP contribution in [-0.2, 0) is 27.2 Å². The molecule has 0 aromatic heterocycles. The van der Waals surface area contributed by atoms with Crippen molar-refractivity contribution in [3.05, 3.63) is 29.8 Å². The van der Waals surface area contributed by atoms with E-state index in [1.54, 1.807) is 14.1 Å². The topological polar surface area (TPSA) is 88.2 Å². The van der Waals surface area contributed by atoms with E-state index in [1.165, 1.54) is 17.3 Å². The van der Waals surface area contributed by atoms with Crippen LogP contribution in [0.15, 0.2) is 24.3 Å². The van der Waals surface area contributed by atoms with Crippen LogP contribution in [0.1, 0.15) is 50.5 Å². The number of carbonyl (C=O) groups excluding carboxylic acids is 1. The highest BCUT2D eigenvalue weighted by Crippen LogP contribution is 2.44. The van der Waals surface area contributed by atoms with Crippen LogP contribution >= 0.6 is 0 Å². The molecule has 4 rings (SSSR count). The molecule has 1 unspecified atom stereocenters. The summed E-state index contributed by atoms with van der Waals surface area (Å²) < 4.78 is 31.8. The minimum Gasteiger partial charge on any atom is -0.758 e. The Hall–Kier alpha value is -1.52. The molecule has 178 valence electrons. The molecule has 2 heterocycles. The van der Waals surface area contributed by atoms with E-state index >= 15 is 0 Å². The first kappa shape index (κ1) is 23.6. The summed E-state index contributed by atoms with van der Waals surface area (Å²) in [6, 6.07) is 7.92. The normalized spacial score (nSPS) is 29.5. The van der Waals surface area contributed by atoms with E-state index in [0.717, 1.165) is 63.1 Å². The first-order chi connectivity index (χ1) is 15.4. The highest BCUT2D eigenvalue weighted by atomic mass is 32.2. The van der Waals surface area contributed by atoms with Gasteiger partial charge in [0.05, 0.1) is 23.8 Å². The number of nitrogens with zero attached hydrogens (tertiary/aromatic N) is 3. The number of anilines is 1. The zero-order valence-corrected chi connectivity index (χ0v) is 19.9. The lowest BCUT2D eigenvalue weighted by molar-refractivity contribution is -0.119. The molecule has 3 aliphatic rings. The number of likely N-dealkylation sites (tertiary alicyclic amines) is 1. The molecular weight excluding hydrogens is 428 g/mol. The number of benzene rings is 1. The molecule has 2 aliphatic heterocycles. The molecule has 1 aliphatic carbocycles. The van der Waals surface area contributed by atoms with Gasteiger partial charge in [-0.2, -0.15) is 4.41 Å². The zero-order chi connectivity index (χ0) is 22.7. The Morgan fingerprint density at radius 3 is 2.75 bits per heavy atom. The third-order valence-corrected chi connectivity index (χ3v) is 7.98. The van der Waals surface area contributed by atoms with Gasteiger partial charge in [0, 0.05) is 38.0 Å². The van der Waals surface area contributed by atoms with E-state index in [2.05, 4.69) is 10.2 Å². The molecule has 4 atom stereocenters. The third kappa shape index (κ3) is 5.02. The maximum absolute atomic E-state index is 12.1. The lowest BCUT2D eigenvalue weighted by Gasteiger charge is -2.51. The number of likely N-dealkylation sites (N-methyl/N-ethyl adjacent to an activating group) is 1. The lowest BCUT2D eigenvalue weighted by atomic mass is 9.76. The summed E-state index contributed by atoms with van der Waals surface area (Å²) in [7, 11) is 3.22. The number of hydrazine groups is 1. The first-order valence-corrected chi connectivity index (χ1v) is 12.8. The quantitative estimate of drug-likeness (QED) is 0.492. The molecule has 1 aromatic rings. The Morgan fingerprint density at radius 1 is 1.31 bits per heavy atom. The van der Waals surface area contributed by atoms with Crippen molar-refractivity contribution in [3.8, 4) is 0 Å². The van der Waals surface area contributed by atoms with Crippen molar-refractivity contribution in [2.45, 2.75) is 69.1 Å². The number of ether oxygens (including phenoxy) is 1. The molecule has 0 radical (unpaired) electrons. The summed E-state index contributed by atoms with van der Waals surface area (Å²) >= 11 is -2.41. The van der Waals surface area contributed by atoms with Crippen molar-refractivity contribution in [3.63, 3.8) is 0 Å². The van der Waals surface area contributed by atoms with E-state index in [-0.39, 0.29) is 30.0 Å². The Morgan fingerprint density at radius 2 is 2.09 bits per heavy atom. The van der Waals surface area contributed by atoms with Crippen molar-refractivity contribution >= 4 is 22.9 Å². The minimum absolute atomic E-state index is 0.0149. The first-order valence-electron chi connectivity index (χ1n) is 11.7. The summed E-state index contributed by atoms with van der Waals surface area (Å²) in [5.74, 6) is -0.0672. The van der Waals surface area contributed by atoms with Crippen molar-refractivity contribution < 1.29 is 18.3 Å². The SMILES string of the molecule is CNC(=O)Cc1cccc(N([C@H]2CC[C@]3(CCCO3)C[C@@H]2N2CCCC2)N(C)S(=O)[O-])c1. The van der Waals surface area contributed by atoms with Gasteiger partial charge in [0.15, 0.2) is 0 Å². The zero-order valence-electron chi connectivity index (χ0n) is 19.1. The van der Waals surface area contributed by atoms with Crippen molar-refractivity contribution in [1.82, 2.24) is 14.6 Å². The van der Waals surface area contributed by atoms with E-state index in [1.807, 2.05) is 29.3 Å². The molecular formula is C23H35N4O4S-. The molecule has 3 fully saturated rings. The van der Waals surface area contributed by atoms with Crippen molar-refractivity contribution in [1.29, 1.82) is 0 Å². The van der Waals surface area contributed by atoms with Gasteiger partial charge in [-0.25, -0.2) is 0 Å². The Kier molecular flexibility index (Phi) is 7.51. The van der Waals surface area contributed by atoms with E-state index < -0.39 is 11.3 Å². The van der Waals surface area contributed by atoms with Gasteiger partial charge in [0.2, 0.25) is 5.91 Å². The number of amides is 1. The summed E-state index contributed by atoms with van der Waals surface area (Å²) in [5, 5.41) is 4.59. The smallest absolute Gasteiger partial charge is 0.224 e. The largest absolute Gasteiger partial charge is 0.758 e. The molecule has 8 nitrogen and oxygen atoms in total. The lowest BCUT2D eigenvalue weighted by Crippen LogP contribution is -2.61. The van der Waals surface area contributed by atoms with Gasteiger partial charge in [-0.15, -0.1) is 0 Å². The minimum atomic E-state index is -2.41. The summed E-state index contributed by atoms with van der Waals surface area (Å²) in [6.07, 6.45) is 7.56. The van der Waals surface area contributed by atoms with Gasteiger partial charge >= 0.3 is 0 Å². The Balaban J connectivity index is 1.67. The van der Waals surface area contributed by atoms with Gasteiger partial charge in [-0.3, -0.25) is 18.9 Å². The molecule has 1 aromatic carbocycles. The maximum atomic E-state index is 12.1. The van der Waals surface area contributed by atoms with Gasteiger partial charge < -0.3 is 14.6 Å². The highest BCUT2D eigenvalue weighted by molar-refractivity contribution is 7.76. The van der Waals surface area contributed by atoms with Gasteiger partial charge in [0.1, 0.15) is 0 Å². The van der Waals surface area contributed by atoms with Crippen LogP contribution in [0.2, 0.25) is 0 Å². The van der Waals surface area contributed by atoms with Crippen molar-refractivity contribution in [2.75, 3.05) is 38.8 Å². The van der Waals surface area contributed by atoms with Crippen LogP contribution in [0.4, 0.5) is 5.69 Å². The van der Waals surface area contributed by atoms with Crippen LogP contribution in [0.5, 0.6) is 0 Å². The summed E-state index contributed by atoms with van der Waals surface area (Å²) in [5.41, 5.74) is 1.60. The summed E-state index contributed by atoms with van der Waals surface area (Å²) in [6.45, 7) is 2.92. The van der Waals surface area contributed by atoms with Gasteiger partial charge in [-0.1, -0.05) is 12.1 Å². The fourth-order valence-corrected chi connectivity index (χ4v) is 6.14. The highest BCUT2D eigenvalue weighted by Gasteiger charge is 2.48. The number of hydrogen-bond acceptors (Lipinski definition) is 6. The van der Waals surface area contributed by atoms with E-state index in [0.29, 0.717) is 0 Å². The van der Waals surface area contributed by atoms with Gasteiger partial charge in [-0.05, 0) is 75.7 Å². The van der Waals surface area contributed by atoms with E-state index in [9.17, 15) is 13.6 Å². The number of hydrogen-bond donors (Lipinski definition) is 1. The van der Waals surface area contributed by atoms with Crippen molar-refractivity contribution in [2.24, 2.45) is 0 Å². The monoisotopic (exact) mass is 463 g/mol. The molecule has 1 spiro atoms. The molecule has 0 bridgehead atoms. The molecule has 1 amide bonds.